The van der Waals surface area contributed by atoms with E-state index in [0.29, 0.717) is 11.3 Å². The summed E-state index contributed by atoms with van der Waals surface area (Å²) in [4.78, 5) is 0. The first-order chi connectivity index (χ1) is 10.1. The highest BCUT2D eigenvalue weighted by Crippen LogP contribution is 2.46. The Morgan fingerprint density at radius 3 is 2.95 bits per heavy atom. The van der Waals surface area contributed by atoms with Gasteiger partial charge in [-0.3, -0.25) is 0 Å². The molecule has 21 heavy (non-hydrogen) atoms. The van der Waals surface area contributed by atoms with E-state index >= 15 is 0 Å². The Labute approximate surface area is 142 Å². The van der Waals surface area contributed by atoms with Gasteiger partial charge in [0.1, 0.15) is 5.75 Å². The maximum absolute atomic E-state index is 5.55. The summed E-state index contributed by atoms with van der Waals surface area (Å²) < 4.78 is 8.04. The quantitative estimate of drug-likeness (QED) is 0.716. The third kappa shape index (κ3) is 3.10. The Bertz CT molecular complexity index is 656. The van der Waals surface area contributed by atoms with Gasteiger partial charge in [-0.15, -0.1) is 23.1 Å². The molecule has 1 N–H and O–H groups in total. The highest BCUT2D eigenvalue weighted by Gasteiger charge is 2.27. The number of fused-ring (bicyclic) bond motifs is 1. The molecule has 0 amide bonds. The molecule has 2 nitrogen and oxygen atoms in total. The Hall–Kier alpha value is -0.650. The standard InChI is InChI=1S/C16H18BrNOS2/c1-9-6-11(17)8-14(19-3)15(9)18-13-7-10(2)21-16-12(13)4-5-20-16/h4-6,8,10,13,18H,7H2,1-3H3/t10-,13?/m0/s1. The Morgan fingerprint density at radius 2 is 2.19 bits per heavy atom. The molecule has 0 spiro atoms. The molecule has 0 saturated heterocycles. The number of benzene rings is 1. The Kier molecular flexibility index (Phi) is 4.52. The fraction of sp³-hybridized carbons (Fsp3) is 0.375. The van der Waals surface area contributed by atoms with Gasteiger partial charge in [0, 0.05) is 9.72 Å². The van der Waals surface area contributed by atoms with Crippen LogP contribution in [0, 0.1) is 6.92 Å². The number of hydrogen-bond donors (Lipinski definition) is 1. The van der Waals surface area contributed by atoms with Crippen molar-refractivity contribution in [1.82, 2.24) is 0 Å². The summed E-state index contributed by atoms with van der Waals surface area (Å²) in [6.45, 7) is 4.42. The molecular formula is C16H18BrNOS2. The van der Waals surface area contributed by atoms with Crippen LogP contribution in [0.5, 0.6) is 5.75 Å². The summed E-state index contributed by atoms with van der Waals surface area (Å²) in [7, 11) is 1.72. The van der Waals surface area contributed by atoms with Crippen molar-refractivity contribution in [3.8, 4) is 5.75 Å². The van der Waals surface area contributed by atoms with E-state index in [4.69, 9.17) is 4.74 Å². The lowest BCUT2D eigenvalue weighted by Crippen LogP contribution is -2.19. The van der Waals surface area contributed by atoms with Crippen LogP contribution in [-0.2, 0) is 0 Å². The minimum absolute atomic E-state index is 0.358. The van der Waals surface area contributed by atoms with Gasteiger partial charge < -0.3 is 10.1 Å². The van der Waals surface area contributed by atoms with E-state index in [0.717, 1.165) is 22.3 Å². The second-order valence-electron chi connectivity index (χ2n) is 5.32. The molecule has 1 aliphatic heterocycles. The number of hydrogen-bond acceptors (Lipinski definition) is 4. The molecule has 1 aromatic carbocycles. The molecule has 1 aliphatic rings. The molecule has 0 bridgehead atoms. The van der Waals surface area contributed by atoms with E-state index in [1.54, 1.807) is 7.11 Å². The summed E-state index contributed by atoms with van der Waals surface area (Å²) in [6, 6.07) is 6.75. The first-order valence-electron chi connectivity index (χ1n) is 6.93. The van der Waals surface area contributed by atoms with Gasteiger partial charge in [0.05, 0.1) is 23.0 Å². The highest BCUT2D eigenvalue weighted by molar-refractivity contribution is 9.10. The second-order valence-corrected chi connectivity index (χ2v) is 8.86. The average molecular weight is 384 g/mol. The van der Waals surface area contributed by atoms with E-state index < -0.39 is 0 Å². The predicted molar refractivity (Wildman–Crippen MR) is 96.0 cm³/mol. The number of aryl methyl sites for hydroxylation is 1. The monoisotopic (exact) mass is 383 g/mol. The van der Waals surface area contributed by atoms with Crippen LogP contribution in [0.3, 0.4) is 0 Å². The van der Waals surface area contributed by atoms with Crippen molar-refractivity contribution in [2.24, 2.45) is 0 Å². The molecule has 112 valence electrons. The van der Waals surface area contributed by atoms with Crippen LogP contribution in [0.4, 0.5) is 5.69 Å². The Morgan fingerprint density at radius 1 is 1.38 bits per heavy atom. The molecule has 2 aromatic rings. The second kappa shape index (κ2) is 6.23. The van der Waals surface area contributed by atoms with Gasteiger partial charge in [-0.25, -0.2) is 0 Å². The fourth-order valence-electron chi connectivity index (χ4n) is 2.72. The zero-order chi connectivity index (χ0) is 15.0. The third-order valence-corrected chi connectivity index (χ3v) is 6.51. The van der Waals surface area contributed by atoms with E-state index in [2.05, 4.69) is 52.6 Å². The molecule has 0 radical (unpaired) electrons. The normalized spacial score (nSPS) is 21.0. The predicted octanol–water partition coefficient (Wildman–Crippen LogP) is 5.87. The summed E-state index contributed by atoms with van der Waals surface area (Å²) in [5.74, 6) is 0.893. The minimum atomic E-state index is 0.358. The van der Waals surface area contributed by atoms with Gasteiger partial charge in [-0.2, -0.15) is 0 Å². The zero-order valence-corrected chi connectivity index (χ0v) is 15.5. The molecule has 5 heteroatoms. The van der Waals surface area contributed by atoms with Crippen LogP contribution in [0.2, 0.25) is 0 Å². The smallest absolute Gasteiger partial charge is 0.143 e. The van der Waals surface area contributed by atoms with E-state index in [1.807, 2.05) is 29.2 Å². The van der Waals surface area contributed by atoms with Crippen LogP contribution in [0.15, 0.2) is 32.3 Å². The summed E-state index contributed by atoms with van der Waals surface area (Å²) in [5, 5.41) is 6.54. The number of halogens is 1. The fourth-order valence-corrected chi connectivity index (χ4v) is 5.84. The summed E-state index contributed by atoms with van der Waals surface area (Å²) in [5.41, 5.74) is 3.72. The van der Waals surface area contributed by atoms with Gasteiger partial charge in [0.2, 0.25) is 0 Å². The number of ether oxygens (including phenoxy) is 1. The van der Waals surface area contributed by atoms with Crippen molar-refractivity contribution in [1.29, 1.82) is 0 Å². The number of anilines is 1. The number of rotatable bonds is 3. The van der Waals surface area contributed by atoms with Crippen LogP contribution < -0.4 is 10.1 Å². The summed E-state index contributed by atoms with van der Waals surface area (Å²) in [6.07, 6.45) is 1.13. The largest absolute Gasteiger partial charge is 0.495 e. The van der Waals surface area contributed by atoms with Crippen molar-refractivity contribution in [3.63, 3.8) is 0 Å². The molecule has 1 unspecified atom stereocenters. The lowest BCUT2D eigenvalue weighted by molar-refractivity contribution is 0.415. The van der Waals surface area contributed by atoms with E-state index in [-0.39, 0.29) is 0 Å². The molecular weight excluding hydrogens is 366 g/mol. The van der Waals surface area contributed by atoms with Gasteiger partial charge in [-0.1, -0.05) is 22.9 Å². The van der Waals surface area contributed by atoms with Crippen molar-refractivity contribution in [2.45, 2.75) is 35.8 Å². The SMILES string of the molecule is COc1cc(Br)cc(C)c1NC1C[C@H](C)Sc2sccc21. The first-order valence-corrected chi connectivity index (χ1v) is 9.48. The third-order valence-electron chi connectivity index (χ3n) is 3.71. The number of thioether (sulfide) groups is 1. The number of thiophene rings is 1. The average Bonchev–Trinajstić information content (AvgIpc) is 2.89. The van der Waals surface area contributed by atoms with Gasteiger partial charge >= 0.3 is 0 Å². The highest BCUT2D eigenvalue weighted by atomic mass is 79.9. The lowest BCUT2D eigenvalue weighted by Gasteiger charge is -2.29. The molecule has 0 fully saturated rings. The topological polar surface area (TPSA) is 21.3 Å². The Balaban J connectivity index is 1.95. The molecule has 1 aromatic heterocycles. The zero-order valence-electron chi connectivity index (χ0n) is 12.3. The van der Waals surface area contributed by atoms with E-state index in [9.17, 15) is 0 Å². The van der Waals surface area contributed by atoms with Crippen molar-refractivity contribution >= 4 is 44.7 Å². The molecule has 0 aliphatic carbocycles. The molecule has 3 rings (SSSR count). The lowest BCUT2D eigenvalue weighted by atomic mass is 10.0. The van der Waals surface area contributed by atoms with Crippen LogP contribution in [-0.4, -0.2) is 12.4 Å². The van der Waals surface area contributed by atoms with Gasteiger partial charge in [-0.05, 0) is 48.1 Å². The van der Waals surface area contributed by atoms with Crippen molar-refractivity contribution < 1.29 is 4.74 Å². The number of nitrogens with one attached hydrogen (secondary N) is 1. The van der Waals surface area contributed by atoms with Crippen LogP contribution in [0.1, 0.15) is 30.5 Å². The summed E-state index contributed by atoms with van der Waals surface area (Å²) >= 11 is 7.37. The maximum atomic E-state index is 5.55. The minimum Gasteiger partial charge on any atom is -0.495 e. The molecule has 2 atom stereocenters. The number of methoxy groups -OCH3 is 1. The molecule has 2 heterocycles. The maximum Gasteiger partial charge on any atom is 0.143 e. The van der Waals surface area contributed by atoms with Crippen molar-refractivity contribution in [3.05, 3.63) is 39.2 Å². The van der Waals surface area contributed by atoms with Gasteiger partial charge in [0.15, 0.2) is 0 Å². The molecule has 0 saturated carbocycles. The van der Waals surface area contributed by atoms with Crippen LogP contribution in [0.25, 0.3) is 0 Å². The van der Waals surface area contributed by atoms with Crippen LogP contribution >= 0.6 is 39.0 Å². The van der Waals surface area contributed by atoms with E-state index in [1.165, 1.54) is 15.3 Å². The van der Waals surface area contributed by atoms with Crippen molar-refractivity contribution in [2.75, 3.05) is 12.4 Å². The first kappa shape index (κ1) is 15.3. The van der Waals surface area contributed by atoms with Gasteiger partial charge in [0.25, 0.3) is 0 Å².